The monoisotopic (exact) mass is 315 g/mol. The third kappa shape index (κ3) is 3.53. The van der Waals surface area contributed by atoms with Crippen LogP contribution in [0.5, 0.6) is 0 Å². The maximum atomic E-state index is 11.5. The Balaban J connectivity index is 2.96. The molecule has 0 aliphatic carbocycles. The average Bonchev–Trinajstić information content (AvgIpc) is 2.31. The first-order valence-electron chi connectivity index (χ1n) is 5.51. The summed E-state index contributed by atoms with van der Waals surface area (Å²) in [5.41, 5.74) is 1.37. The van der Waals surface area contributed by atoms with E-state index < -0.39 is 15.7 Å². The van der Waals surface area contributed by atoms with Gasteiger partial charge < -0.3 is 4.74 Å². The SMILES string of the molecule is CCOC(=O)C(Br)Cc1c(C)cccc1[N+](=O)[O-]. The Morgan fingerprint density at radius 1 is 1.56 bits per heavy atom. The van der Waals surface area contributed by atoms with Gasteiger partial charge in [-0.05, 0) is 19.4 Å². The average molecular weight is 316 g/mol. The van der Waals surface area contributed by atoms with E-state index in [2.05, 4.69) is 15.9 Å². The van der Waals surface area contributed by atoms with Crippen molar-refractivity contribution in [1.29, 1.82) is 0 Å². The number of hydrogen-bond donors (Lipinski definition) is 0. The highest BCUT2D eigenvalue weighted by Crippen LogP contribution is 2.25. The number of nitrogens with zero attached hydrogens (tertiary/aromatic N) is 1. The third-order valence-corrected chi connectivity index (χ3v) is 3.21. The van der Waals surface area contributed by atoms with Crippen molar-refractivity contribution in [2.45, 2.75) is 25.1 Å². The Labute approximate surface area is 113 Å². The second-order valence-corrected chi connectivity index (χ2v) is 4.86. The molecule has 1 rings (SSSR count). The van der Waals surface area contributed by atoms with Crippen LogP contribution in [0.1, 0.15) is 18.1 Å². The molecule has 1 aromatic carbocycles. The van der Waals surface area contributed by atoms with Crippen LogP contribution in [-0.2, 0) is 16.0 Å². The lowest BCUT2D eigenvalue weighted by molar-refractivity contribution is -0.385. The summed E-state index contributed by atoms with van der Waals surface area (Å²) >= 11 is 3.20. The molecule has 1 aromatic rings. The molecule has 0 heterocycles. The quantitative estimate of drug-likeness (QED) is 0.362. The lowest BCUT2D eigenvalue weighted by Gasteiger charge is -2.11. The Morgan fingerprint density at radius 2 is 2.22 bits per heavy atom. The number of carbonyl (C=O) groups is 1. The topological polar surface area (TPSA) is 69.4 Å². The molecule has 1 unspecified atom stereocenters. The molecule has 0 bridgehead atoms. The molecule has 0 aliphatic rings. The van der Waals surface area contributed by atoms with Gasteiger partial charge in [-0.1, -0.05) is 28.1 Å². The number of benzene rings is 1. The molecule has 0 fully saturated rings. The minimum atomic E-state index is -0.572. The van der Waals surface area contributed by atoms with E-state index in [1.807, 2.05) is 0 Å². The summed E-state index contributed by atoms with van der Waals surface area (Å²) in [7, 11) is 0. The minimum Gasteiger partial charge on any atom is -0.465 e. The predicted molar refractivity (Wildman–Crippen MR) is 70.9 cm³/mol. The molecule has 0 saturated heterocycles. The molecule has 18 heavy (non-hydrogen) atoms. The van der Waals surface area contributed by atoms with E-state index in [-0.39, 0.29) is 18.7 Å². The Kier molecular flexibility index (Phi) is 5.27. The van der Waals surface area contributed by atoms with Crippen LogP contribution in [0.4, 0.5) is 5.69 Å². The van der Waals surface area contributed by atoms with Crippen molar-refractivity contribution in [2.24, 2.45) is 0 Å². The van der Waals surface area contributed by atoms with Gasteiger partial charge >= 0.3 is 5.97 Å². The van der Waals surface area contributed by atoms with Crippen molar-refractivity contribution < 1.29 is 14.5 Å². The fourth-order valence-corrected chi connectivity index (χ4v) is 2.07. The van der Waals surface area contributed by atoms with Gasteiger partial charge in [-0.15, -0.1) is 0 Å². The molecule has 6 heteroatoms. The predicted octanol–water partition coefficient (Wildman–Crippen LogP) is 2.77. The van der Waals surface area contributed by atoms with Crippen LogP contribution in [-0.4, -0.2) is 22.3 Å². The van der Waals surface area contributed by atoms with E-state index in [1.54, 1.807) is 26.0 Å². The summed E-state index contributed by atoms with van der Waals surface area (Å²) in [5.74, 6) is -0.407. The smallest absolute Gasteiger partial charge is 0.320 e. The van der Waals surface area contributed by atoms with Gasteiger partial charge in [0.1, 0.15) is 4.83 Å². The third-order valence-electron chi connectivity index (χ3n) is 2.51. The summed E-state index contributed by atoms with van der Waals surface area (Å²) in [6.45, 7) is 3.79. The summed E-state index contributed by atoms with van der Waals surface area (Å²) in [5, 5.41) is 10.9. The highest BCUT2D eigenvalue weighted by atomic mass is 79.9. The van der Waals surface area contributed by atoms with E-state index in [0.717, 1.165) is 5.56 Å². The lowest BCUT2D eigenvalue weighted by Crippen LogP contribution is -2.20. The normalized spacial score (nSPS) is 11.9. The molecule has 0 aliphatic heterocycles. The first-order valence-corrected chi connectivity index (χ1v) is 6.42. The second kappa shape index (κ2) is 6.49. The van der Waals surface area contributed by atoms with Gasteiger partial charge in [-0.25, -0.2) is 0 Å². The molecular formula is C12H14BrNO4. The number of aryl methyl sites for hydroxylation is 1. The highest BCUT2D eigenvalue weighted by Gasteiger charge is 2.23. The van der Waals surface area contributed by atoms with Gasteiger partial charge in [0.25, 0.3) is 5.69 Å². The van der Waals surface area contributed by atoms with Crippen LogP contribution < -0.4 is 0 Å². The standard InChI is InChI=1S/C12H14BrNO4/c1-3-18-12(15)10(13)7-9-8(2)5-4-6-11(9)14(16)17/h4-6,10H,3,7H2,1-2H3. The number of alkyl halides is 1. The molecule has 0 saturated carbocycles. The molecule has 0 spiro atoms. The minimum absolute atomic E-state index is 0.0312. The maximum Gasteiger partial charge on any atom is 0.320 e. The molecule has 0 amide bonds. The zero-order valence-electron chi connectivity index (χ0n) is 10.2. The fourth-order valence-electron chi connectivity index (χ4n) is 1.62. The largest absolute Gasteiger partial charge is 0.465 e. The fraction of sp³-hybridized carbons (Fsp3) is 0.417. The van der Waals surface area contributed by atoms with Crippen molar-refractivity contribution >= 4 is 27.6 Å². The second-order valence-electron chi connectivity index (χ2n) is 3.75. The molecule has 0 N–H and O–H groups in total. The zero-order valence-corrected chi connectivity index (χ0v) is 11.8. The van der Waals surface area contributed by atoms with Crippen LogP contribution in [0.2, 0.25) is 0 Å². The van der Waals surface area contributed by atoms with Gasteiger partial charge in [-0.2, -0.15) is 0 Å². The molecule has 0 radical (unpaired) electrons. The number of esters is 1. The molecule has 1 atom stereocenters. The van der Waals surface area contributed by atoms with E-state index in [9.17, 15) is 14.9 Å². The van der Waals surface area contributed by atoms with Crippen LogP contribution in [0.15, 0.2) is 18.2 Å². The van der Waals surface area contributed by atoms with Crippen molar-refractivity contribution in [3.8, 4) is 0 Å². The summed E-state index contributed by atoms with van der Waals surface area (Å²) < 4.78 is 4.86. The summed E-state index contributed by atoms with van der Waals surface area (Å²) in [6, 6.07) is 4.85. The number of carbonyl (C=O) groups excluding carboxylic acids is 1. The van der Waals surface area contributed by atoms with E-state index in [1.165, 1.54) is 6.07 Å². The number of halogens is 1. The molecule has 98 valence electrons. The van der Waals surface area contributed by atoms with Crippen LogP contribution in [0, 0.1) is 17.0 Å². The number of rotatable bonds is 5. The van der Waals surface area contributed by atoms with E-state index in [4.69, 9.17) is 4.74 Å². The van der Waals surface area contributed by atoms with E-state index >= 15 is 0 Å². The van der Waals surface area contributed by atoms with Gasteiger partial charge in [0, 0.05) is 18.1 Å². The van der Waals surface area contributed by atoms with Crippen molar-refractivity contribution in [2.75, 3.05) is 6.61 Å². The first-order chi connectivity index (χ1) is 8.47. The van der Waals surface area contributed by atoms with Gasteiger partial charge in [0.15, 0.2) is 0 Å². The lowest BCUT2D eigenvalue weighted by atomic mass is 10.0. The number of nitro benzene ring substituents is 1. The van der Waals surface area contributed by atoms with Crippen molar-refractivity contribution in [1.82, 2.24) is 0 Å². The first kappa shape index (κ1) is 14.6. The Hall–Kier alpha value is -1.43. The number of hydrogen-bond acceptors (Lipinski definition) is 4. The highest BCUT2D eigenvalue weighted by molar-refractivity contribution is 9.10. The van der Waals surface area contributed by atoms with Crippen molar-refractivity contribution in [3.63, 3.8) is 0 Å². The molecule has 0 aromatic heterocycles. The maximum absolute atomic E-state index is 11.5. The van der Waals surface area contributed by atoms with E-state index in [0.29, 0.717) is 5.56 Å². The van der Waals surface area contributed by atoms with Gasteiger partial charge in [0.05, 0.1) is 11.5 Å². The Morgan fingerprint density at radius 3 is 2.78 bits per heavy atom. The number of nitro groups is 1. The van der Waals surface area contributed by atoms with Crippen LogP contribution in [0.25, 0.3) is 0 Å². The number of ether oxygens (including phenoxy) is 1. The Bertz CT molecular complexity index is 461. The zero-order chi connectivity index (χ0) is 13.7. The van der Waals surface area contributed by atoms with Crippen LogP contribution in [0.3, 0.4) is 0 Å². The molecule has 5 nitrogen and oxygen atoms in total. The summed E-state index contributed by atoms with van der Waals surface area (Å²) in [6.07, 6.45) is 0.238. The van der Waals surface area contributed by atoms with Gasteiger partial charge in [-0.3, -0.25) is 14.9 Å². The van der Waals surface area contributed by atoms with Crippen molar-refractivity contribution in [3.05, 3.63) is 39.4 Å². The van der Waals surface area contributed by atoms with Gasteiger partial charge in [0.2, 0.25) is 0 Å². The molecular weight excluding hydrogens is 302 g/mol. The van der Waals surface area contributed by atoms with Crippen LogP contribution >= 0.6 is 15.9 Å². The summed E-state index contributed by atoms with van der Waals surface area (Å²) in [4.78, 5) is 21.4.